The number of rotatable bonds is 4. The van der Waals surface area contributed by atoms with Gasteiger partial charge in [0.2, 0.25) is 5.91 Å². The van der Waals surface area contributed by atoms with Crippen LogP contribution in [0.4, 0.5) is 0 Å². The van der Waals surface area contributed by atoms with Crippen LogP contribution in [0.25, 0.3) is 0 Å². The van der Waals surface area contributed by atoms with Crippen molar-refractivity contribution < 1.29 is 4.79 Å². The molecule has 0 unspecified atom stereocenters. The summed E-state index contributed by atoms with van der Waals surface area (Å²) in [5, 5.41) is 0.748. The third-order valence-corrected chi connectivity index (χ3v) is 3.01. The summed E-state index contributed by atoms with van der Waals surface area (Å²) < 4.78 is 0. The van der Waals surface area contributed by atoms with Gasteiger partial charge in [0.15, 0.2) is 0 Å². The summed E-state index contributed by atoms with van der Waals surface area (Å²) in [4.78, 5) is 11.1. The molecule has 0 saturated heterocycles. The lowest BCUT2D eigenvalue weighted by Gasteiger charge is -2.20. The van der Waals surface area contributed by atoms with Gasteiger partial charge >= 0.3 is 0 Å². The standard InChI is InChI=1S/C12H16ClNO/c1-12(2,11(14)15)8-7-9-5-3-4-6-10(9)13/h3-6H,7-8H2,1-2H3,(H2,14,15). The van der Waals surface area contributed by atoms with Gasteiger partial charge in [-0.2, -0.15) is 0 Å². The lowest BCUT2D eigenvalue weighted by molar-refractivity contribution is -0.126. The van der Waals surface area contributed by atoms with Crippen molar-refractivity contribution in [2.75, 3.05) is 0 Å². The first-order valence-corrected chi connectivity index (χ1v) is 5.34. The minimum absolute atomic E-state index is 0.269. The second-order valence-electron chi connectivity index (χ2n) is 4.34. The average molecular weight is 226 g/mol. The fraction of sp³-hybridized carbons (Fsp3) is 0.417. The SMILES string of the molecule is CC(C)(CCc1ccccc1Cl)C(N)=O. The molecule has 0 aromatic heterocycles. The fourth-order valence-electron chi connectivity index (χ4n) is 1.27. The van der Waals surface area contributed by atoms with E-state index < -0.39 is 5.41 Å². The van der Waals surface area contributed by atoms with Gasteiger partial charge in [-0.3, -0.25) is 4.79 Å². The predicted molar refractivity (Wildman–Crippen MR) is 62.7 cm³/mol. The number of primary amides is 1. The van der Waals surface area contributed by atoms with Gasteiger partial charge in [-0.25, -0.2) is 0 Å². The van der Waals surface area contributed by atoms with Gasteiger partial charge in [0, 0.05) is 10.4 Å². The molecule has 3 heteroatoms. The first kappa shape index (κ1) is 12.1. The smallest absolute Gasteiger partial charge is 0.223 e. The van der Waals surface area contributed by atoms with Gasteiger partial charge in [-0.1, -0.05) is 43.6 Å². The average Bonchev–Trinajstić information content (AvgIpc) is 2.16. The molecule has 0 heterocycles. The molecule has 0 aliphatic heterocycles. The summed E-state index contributed by atoms with van der Waals surface area (Å²) in [6.45, 7) is 3.71. The highest BCUT2D eigenvalue weighted by molar-refractivity contribution is 6.31. The normalized spacial score (nSPS) is 11.4. The monoisotopic (exact) mass is 225 g/mol. The first-order valence-electron chi connectivity index (χ1n) is 4.97. The maximum Gasteiger partial charge on any atom is 0.223 e. The topological polar surface area (TPSA) is 43.1 Å². The highest BCUT2D eigenvalue weighted by Crippen LogP contribution is 2.25. The molecule has 1 amide bonds. The van der Waals surface area contributed by atoms with E-state index in [2.05, 4.69) is 0 Å². The van der Waals surface area contributed by atoms with E-state index in [1.807, 2.05) is 38.1 Å². The maximum absolute atomic E-state index is 11.1. The number of hydrogen-bond donors (Lipinski definition) is 1. The van der Waals surface area contributed by atoms with Crippen molar-refractivity contribution in [3.8, 4) is 0 Å². The van der Waals surface area contributed by atoms with E-state index in [0.29, 0.717) is 6.42 Å². The maximum atomic E-state index is 11.1. The molecule has 0 radical (unpaired) electrons. The number of halogens is 1. The van der Waals surface area contributed by atoms with Crippen LogP contribution < -0.4 is 5.73 Å². The van der Waals surface area contributed by atoms with Crippen molar-refractivity contribution in [2.45, 2.75) is 26.7 Å². The van der Waals surface area contributed by atoms with Gasteiger partial charge < -0.3 is 5.73 Å². The lowest BCUT2D eigenvalue weighted by Crippen LogP contribution is -2.31. The number of amides is 1. The molecular formula is C12H16ClNO. The summed E-state index contributed by atoms with van der Waals surface area (Å²) >= 11 is 6.02. The second-order valence-corrected chi connectivity index (χ2v) is 4.75. The Morgan fingerprint density at radius 1 is 1.40 bits per heavy atom. The Balaban J connectivity index is 2.66. The first-order chi connectivity index (χ1) is 6.93. The number of benzene rings is 1. The Bertz CT molecular complexity index is 360. The van der Waals surface area contributed by atoms with Crippen molar-refractivity contribution in [2.24, 2.45) is 11.1 Å². The largest absolute Gasteiger partial charge is 0.369 e. The molecule has 0 spiro atoms. The summed E-state index contributed by atoms with van der Waals surface area (Å²) in [5.74, 6) is -0.269. The number of hydrogen-bond acceptors (Lipinski definition) is 1. The van der Waals surface area contributed by atoms with Crippen molar-refractivity contribution in [3.63, 3.8) is 0 Å². The quantitative estimate of drug-likeness (QED) is 0.842. The summed E-state index contributed by atoms with van der Waals surface area (Å²) in [6, 6.07) is 7.66. The van der Waals surface area contributed by atoms with Crippen LogP contribution in [-0.2, 0) is 11.2 Å². The third kappa shape index (κ3) is 3.24. The minimum Gasteiger partial charge on any atom is -0.369 e. The van der Waals surface area contributed by atoms with Crippen molar-refractivity contribution in [1.82, 2.24) is 0 Å². The molecule has 1 aromatic carbocycles. The zero-order chi connectivity index (χ0) is 11.5. The van der Waals surface area contributed by atoms with E-state index in [4.69, 9.17) is 17.3 Å². The molecule has 15 heavy (non-hydrogen) atoms. The van der Waals surface area contributed by atoms with Crippen molar-refractivity contribution in [1.29, 1.82) is 0 Å². The zero-order valence-corrected chi connectivity index (χ0v) is 9.84. The number of aryl methyl sites for hydroxylation is 1. The molecule has 0 fully saturated rings. The molecule has 1 rings (SSSR count). The Morgan fingerprint density at radius 3 is 2.53 bits per heavy atom. The molecular weight excluding hydrogens is 210 g/mol. The third-order valence-electron chi connectivity index (χ3n) is 2.64. The molecule has 0 aliphatic carbocycles. The molecule has 82 valence electrons. The van der Waals surface area contributed by atoms with Gasteiger partial charge in [0.05, 0.1) is 0 Å². The Morgan fingerprint density at radius 2 is 2.00 bits per heavy atom. The lowest BCUT2D eigenvalue weighted by atomic mass is 9.85. The van der Waals surface area contributed by atoms with Crippen LogP contribution in [0, 0.1) is 5.41 Å². The molecule has 0 aliphatic rings. The summed E-state index contributed by atoms with van der Waals surface area (Å²) in [6.07, 6.45) is 1.49. The Hall–Kier alpha value is -1.02. The van der Waals surface area contributed by atoms with E-state index in [-0.39, 0.29) is 5.91 Å². The predicted octanol–water partition coefficient (Wildman–Crippen LogP) is 2.78. The zero-order valence-electron chi connectivity index (χ0n) is 9.09. The van der Waals surface area contributed by atoms with Crippen LogP contribution in [0.5, 0.6) is 0 Å². The van der Waals surface area contributed by atoms with E-state index in [1.54, 1.807) is 0 Å². The highest BCUT2D eigenvalue weighted by atomic mass is 35.5. The van der Waals surface area contributed by atoms with Gasteiger partial charge in [0.1, 0.15) is 0 Å². The minimum atomic E-state index is -0.473. The molecule has 0 saturated carbocycles. The van der Waals surface area contributed by atoms with Crippen LogP contribution in [-0.4, -0.2) is 5.91 Å². The number of nitrogens with two attached hydrogens (primary N) is 1. The van der Waals surface area contributed by atoms with Gasteiger partial charge in [-0.05, 0) is 24.5 Å². The van der Waals surface area contributed by atoms with E-state index in [1.165, 1.54) is 0 Å². The van der Waals surface area contributed by atoms with E-state index in [9.17, 15) is 4.79 Å². The highest BCUT2D eigenvalue weighted by Gasteiger charge is 2.24. The molecule has 1 aromatic rings. The van der Waals surface area contributed by atoms with Gasteiger partial charge in [0.25, 0.3) is 0 Å². The van der Waals surface area contributed by atoms with Crippen LogP contribution >= 0.6 is 11.6 Å². The molecule has 2 nitrogen and oxygen atoms in total. The van der Waals surface area contributed by atoms with Crippen molar-refractivity contribution in [3.05, 3.63) is 34.9 Å². The fourth-order valence-corrected chi connectivity index (χ4v) is 1.50. The van der Waals surface area contributed by atoms with Crippen LogP contribution in [0.2, 0.25) is 5.02 Å². The second kappa shape index (κ2) is 4.67. The van der Waals surface area contributed by atoms with Crippen molar-refractivity contribution >= 4 is 17.5 Å². The molecule has 2 N–H and O–H groups in total. The Kier molecular flexibility index (Phi) is 3.75. The summed E-state index contributed by atoms with van der Waals surface area (Å²) in [5.41, 5.74) is 5.89. The van der Waals surface area contributed by atoms with E-state index in [0.717, 1.165) is 17.0 Å². The van der Waals surface area contributed by atoms with Crippen LogP contribution in [0.15, 0.2) is 24.3 Å². The molecule has 0 bridgehead atoms. The van der Waals surface area contributed by atoms with Gasteiger partial charge in [-0.15, -0.1) is 0 Å². The summed E-state index contributed by atoms with van der Waals surface area (Å²) in [7, 11) is 0. The van der Waals surface area contributed by atoms with Crippen LogP contribution in [0.3, 0.4) is 0 Å². The number of carbonyl (C=O) groups excluding carboxylic acids is 1. The van der Waals surface area contributed by atoms with E-state index >= 15 is 0 Å². The number of carbonyl (C=O) groups is 1. The molecule has 0 atom stereocenters. The Labute approximate surface area is 95.4 Å². The van der Waals surface area contributed by atoms with Crippen LogP contribution in [0.1, 0.15) is 25.8 Å².